The first-order valence-corrected chi connectivity index (χ1v) is 13.2. The van der Waals surface area contributed by atoms with Crippen molar-refractivity contribution in [2.75, 3.05) is 0 Å². The third-order valence-electron chi connectivity index (χ3n) is 6.97. The summed E-state index contributed by atoms with van der Waals surface area (Å²) in [5.74, 6) is 1.94. The molecule has 1 aromatic heterocycles. The average Bonchev–Trinajstić information content (AvgIpc) is 3.01. The van der Waals surface area contributed by atoms with Crippen LogP contribution < -0.4 is 0 Å². The molecule has 0 fully saturated rings. The second kappa shape index (κ2) is 9.79. The lowest BCUT2D eigenvalue weighted by atomic mass is 10.0. The molecule has 39 heavy (non-hydrogen) atoms. The highest BCUT2D eigenvalue weighted by Gasteiger charge is 2.13. The zero-order chi connectivity index (χ0) is 26.2. The molecule has 0 bridgehead atoms. The predicted molar refractivity (Wildman–Crippen MR) is 162 cm³/mol. The molecule has 6 aromatic carbocycles. The van der Waals surface area contributed by atoms with E-state index in [-0.39, 0.29) is 0 Å². The van der Waals surface area contributed by atoms with E-state index in [0.717, 1.165) is 43.6 Å². The maximum atomic E-state index is 6.08. The van der Waals surface area contributed by atoms with Crippen LogP contribution in [0, 0.1) is 0 Å². The largest absolute Gasteiger partial charge is 0.208 e. The van der Waals surface area contributed by atoms with Crippen molar-refractivity contribution in [1.82, 2.24) is 15.0 Å². The van der Waals surface area contributed by atoms with Crippen molar-refractivity contribution in [3.8, 4) is 45.3 Å². The van der Waals surface area contributed by atoms with Crippen LogP contribution in [-0.2, 0) is 0 Å². The molecule has 0 unspecified atom stereocenters. The van der Waals surface area contributed by atoms with Crippen LogP contribution in [0.5, 0.6) is 0 Å². The monoisotopic (exact) mass is 519 g/mol. The van der Waals surface area contributed by atoms with E-state index in [4.69, 9.17) is 26.6 Å². The molecule has 0 N–H and O–H groups in total. The summed E-state index contributed by atoms with van der Waals surface area (Å²) < 4.78 is 0. The molecule has 7 rings (SSSR count). The molecule has 0 atom stereocenters. The smallest absolute Gasteiger partial charge is 0.164 e. The van der Waals surface area contributed by atoms with Crippen LogP contribution in [0.3, 0.4) is 0 Å². The van der Waals surface area contributed by atoms with Crippen LogP contribution in [0.15, 0.2) is 133 Å². The van der Waals surface area contributed by atoms with Crippen molar-refractivity contribution < 1.29 is 0 Å². The van der Waals surface area contributed by atoms with E-state index in [9.17, 15) is 0 Å². The highest BCUT2D eigenvalue weighted by molar-refractivity contribution is 6.30. The van der Waals surface area contributed by atoms with Crippen LogP contribution in [0.4, 0.5) is 0 Å². The Labute approximate surface area is 231 Å². The van der Waals surface area contributed by atoms with E-state index >= 15 is 0 Å². The van der Waals surface area contributed by atoms with Gasteiger partial charge in [-0.2, -0.15) is 0 Å². The van der Waals surface area contributed by atoms with E-state index in [1.807, 2.05) is 36.4 Å². The van der Waals surface area contributed by atoms with Gasteiger partial charge in [0.25, 0.3) is 0 Å². The summed E-state index contributed by atoms with van der Waals surface area (Å²) in [6, 6.07) is 45.5. The van der Waals surface area contributed by atoms with Crippen molar-refractivity contribution in [2.45, 2.75) is 0 Å². The van der Waals surface area contributed by atoms with Gasteiger partial charge in [-0.05, 0) is 56.9 Å². The van der Waals surface area contributed by atoms with Crippen molar-refractivity contribution in [3.63, 3.8) is 0 Å². The lowest BCUT2D eigenvalue weighted by Crippen LogP contribution is -2.00. The van der Waals surface area contributed by atoms with Gasteiger partial charge in [0.2, 0.25) is 0 Å². The maximum Gasteiger partial charge on any atom is 0.164 e. The molecule has 0 aliphatic heterocycles. The highest BCUT2D eigenvalue weighted by Crippen LogP contribution is 2.30. The fourth-order valence-electron chi connectivity index (χ4n) is 4.87. The molecule has 7 aromatic rings. The number of benzene rings is 6. The third-order valence-corrected chi connectivity index (χ3v) is 7.22. The Morgan fingerprint density at radius 1 is 0.333 bits per heavy atom. The van der Waals surface area contributed by atoms with Crippen molar-refractivity contribution in [3.05, 3.63) is 138 Å². The van der Waals surface area contributed by atoms with E-state index in [1.165, 1.54) is 10.8 Å². The minimum atomic E-state index is 0.638. The predicted octanol–water partition coefficient (Wildman–Crippen LogP) is 9.50. The first-order chi connectivity index (χ1) is 19.2. The molecular weight excluding hydrogens is 498 g/mol. The van der Waals surface area contributed by atoms with Gasteiger partial charge in [0.15, 0.2) is 17.5 Å². The normalized spacial score (nSPS) is 11.2. The molecule has 4 heteroatoms. The minimum Gasteiger partial charge on any atom is -0.208 e. The minimum absolute atomic E-state index is 0.638. The Morgan fingerprint density at radius 2 is 0.692 bits per heavy atom. The summed E-state index contributed by atoms with van der Waals surface area (Å²) in [5, 5.41) is 5.39. The number of hydrogen-bond acceptors (Lipinski definition) is 3. The van der Waals surface area contributed by atoms with Gasteiger partial charge >= 0.3 is 0 Å². The molecule has 0 saturated heterocycles. The Kier molecular flexibility index (Phi) is 5.84. The van der Waals surface area contributed by atoms with E-state index < -0.39 is 0 Å². The van der Waals surface area contributed by atoms with Gasteiger partial charge in [-0.3, -0.25) is 0 Å². The number of aromatic nitrogens is 3. The van der Waals surface area contributed by atoms with Gasteiger partial charge in [-0.1, -0.05) is 121 Å². The number of nitrogens with zero attached hydrogens (tertiary/aromatic N) is 3. The SMILES string of the molecule is Clc1ccc(-c2ccc(-c3nc(-c4ccc5ccccc5c4)nc(-c4ccc5ccccc5c4)n3)cc2)cc1. The number of rotatable bonds is 4. The molecule has 0 saturated carbocycles. The Hall–Kier alpha value is -4.86. The fourth-order valence-corrected chi connectivity index (χ4v) is 5.00. The number of hydrogen-bond donors (Lipinski definition) is 0. The van der Waals surface area contributed by atoms with Crippen molar-refractivity contribution in [2.24, 2.45) is 0 Å². The fraction of sp³-hybridized carbons (Fsp3) is 0. The van der Waals surface area contributed by atoms with Crippen molar-refractivity contribution >= 4 is 33.1 Å². The van der Waals surface area contributed by atoms with Crippen LogP contribution in [0.25, 0.3) is 66.8 Å². The standard InChI is InChI=1S/C35H22ClN3/c36-32-19-17-26(18-20-32)25-9-13-27(14-10-25)33-37-34(30-15-11-23-5-1-3-7-28(23)21-30)39-35(38-33)31-16-12-24-6-2-4-8-29(24)22-31/h1-22H. The van der Waals surface area contributed by atoms with Crippen LogP contribution in [0.1, 0.15) is 0 Å². The van der Waals surface area contributed by atoms with Gasteiger partial charge in [0, 0.05) is 21.7 Å². The average molecular weight is 520 g/mol. The van der Waals surface area contributed by atoms with Gasteiger partial charge in [-0.25, -0.2) is 15.0 Å². The number of fused-ring (bicyclic) bond motifs is 2. The van der Waals surface area contributed by atoms with Gasteiger partial charge in [0.05, 0.1) is 0 Å². The second-order valence-electron chi connectivity index (χ2n) is 9.51. The summed E-state index contributed by atoms with van der Waals surface area (Å²) in [6.07, 6.45) is 0. The lowest BCUT2D eigenvalue weighted by molar-refractivity contribution is 1.08. The zero-order valence-electron chi connectivity index (χ0n) is 20.9. The molecule has 0 radical (unpaired) electrons. The van der Waals surface area contributed by atoms with Crippen LogP contribution >= 0.6 is 11.6 Å². The van der Waals surface area contributed by atoms with Crippen molar-refractivity contribution in [1.29, 1.82) is 0 Å². The summed E-state index contributed by atoms with van der Waals surface area (Å²) in [6.45, 7) is 0. The molecule has 0 spiro atoms. The quantitative estimate of drug-likeness (QED) is 0.232. The Morgan fingerprint density at radius 3 is 1.18 bits per heavy atom. The van der Waals surface area contributed by atoms with Gasteiger partial charge in [-0.15, -0.1) is 0 Å². The van der Waals surface area contributed by atoms with Gasteiger partial charge < -0.3 is 0 Å². The lowest BCUT2D eigenvalue weighted by Gasteiger charge is -2.10. The first kappa shape index (κ1) is 23.3. The second-order valence-corrected chi connectivity index (χ2v) is 9.95. The number of halogens is 1. The molecule has 184 valence electrons. The summed E-state index contributed by atoms with van der Waals surface area (Å²) in [5.41, 5.74) is 5.05. The zero-order valence-corrected chi connectivity index (χ0v) is 21.7. The van der Waals surface area contributed by atoms with E-state index in [2.05, 4.69) is 97.1 Å². The molecule has 3 nitrogen and oxygen atoms in total. The van der Waals surface area contributed by atoms with E-state index in [0.29, 0.717) is 17.5 Å². The summed E-state index contributed by atoms with van der Waals surface area (Å²) in [4.78, 5) is 14.8. The molecular formula is C35H22ClN3. The van der Waals surface area contributed by atoms with Gasteiger partial charge in [0.1, 0.15) is 0 Å². The summed E-state index contributed by atoms with van der Waals surface area (Å²) in [7, 11) is 0. The Bertz CT molecular complexity index is 1860. The highest BCUT2D eigenvalue weighted by atomic mass is 35.5. The third kappa shape index (κ3) is 4.65. The van der Waals surface area contributed by atoms with Crippen LogP contribution in [-0.4, -0.2) is 15.0 Å². The summed E-state index contributed by atoms with van der Waals surface area (Å²) >= 11 is 6.08. The molecule has 0 aliphatic carbocycles. The first-order valence-electron chi connectivity index (χ1n) is 12.8. The topological polar surface area (TPSA) is 38.7 Å². The molecule has 0 aliphatic rings. The molecule has 1 heterocycles. The molecule has 0 amide bonds. The maximum absolute atomic E-state index is 6.08. The van der Waals surface area contributed by atoms with Crippen LogP contribution in [0.2, 0.25) is 5.02 Å². The van der Waals surface area contributed by atoms with E-state index in [1.54, 1.807) is 0 Å². The Balaban J connectivity index is 1.36.